The lowest BCUT2D eigenvalue weighted by molar-refractivity contribution is -0.126. The van der Waals surface area contributed by atoms with Crippen molar-refractivity contribution in [1.82, 2.24) is 20.1 Å². The van der Waals surface area contributed by atoms with E-state index in [0.717, 1.165) is 5.56 Å². The number of nitrogens with one attached hydrogen (secondary N) is 1. The summed E-state index contributed by atoms with van der Waals surface area (Å²) >= 11 is 0. The van der Waals surface area contributed by atoms with E-state index in [9.17, 15) is 14.0 Å². The third kappa shape index (κ3) is 2.71. The molecule has 3 amide bonds. The fraction of sp³-hybridized carbons (Fsp3) is 0.211. The number of amides is 3. The molecule has 4 rings (SSSR count). The van der Waals surface area contributed by atoms with E-state index < -0.39 is 6.04 Å². The van der Waals surface area contributed by atoms with Gasteiger partial charge in [-0.3, -0.25) is 14.7 Å². The van der Waals surface area contributed by atoms with Gasteiger partial charge in [-0.15, -0.1) is 0 Å². The maximum atomic E-state index is 13.3. The molecule has 0 saturated heterocycles. The van der Waals surface area contributed by atoms with Crippen molar-refractivity contribution in [2.75, 3.05) is 13.6 Å². The Morgan fingerprint density at radius 1 is 1.23 bits per heavy atom. The number of urea groups is 1. The van der Waals surface area contributed by atoms with Crippen molar-refractivity contribution in [3.05, 3.63) is 77.0 Å². The van der Waals surface area contributed by atoms with Gasteiger partial charge in [0.1, 0.15) is 5.82 Å². The van der Waals surface area contributed by atoms with E-state index in [2.05, 4.69) is 10.3 Å². The second-order valence-electron chi connectivity index (χ2n) is 6.38. The maximum Gasteiger partial charge on any atom is 0.322 e. The highest BCUT2D eigenvalue weighted by molar-refractivity contribution is 6.01. The molecule has 2 aromatic rings. The van der Waals surface area contributed by atoms with Gasteiger partial charge in [0, 0.05) is 26.0 Å². The summed E-state index contributed by atoms with van der Waals surface area (Å²) < 4.78 is 13.3. The van der Waals surface area contributed by atoms with Gasteiger partial charge in [0.2, 0.25) is 0 Å². The molecule has 0 spiro atoms. The monoisotopic (exact) mass is 352 g/mol. The molecule has 0 unspecified atom stereocenters. The van der Waals surface area contributed by atoms with Crippen LogP contribution in [0.2, 0.25) is 0 Å². The van der Waals surface area contributed by atoms with Crippen LogP contribution in [0, 0.1) is 5.82 Å². The van der Waals surface area contributed by atoms with Crippen molar-refractivity contribution < 1.29 is 14.0 Å². The lowest BCUT2D eigenvalue weighted by Crippen LogP contribution is -2.45. The van der Waals surface area contributed by atoms with Crippen LogP contribution >= 0.6 is 0 Å². The van der Waals surface area contributed by atoms with Crippen LogP contribution in [-0.2, 0) is 11.3 Å². The Balaban J connectivity index is 1.67. The molecule has 0 aliphatic carbocycles. The summed E-state index contributed by atoms with van der Waals surface area (Å²) in [5.41, 5.74) is 2.80. The highest BCUT2D eigenvalue weighted by Gasteiger charge is 2.42. The Morgan fingerprint density at radius 2 is 2.00 bits per heavy atom. The molecule has 2 aliphatic rings. The molecule has 2 aliphatic heterocycles. The van der Waals surface area contributed by atoms with E-state index in [-0.39, 0.29) is 17.8 Å². The first-order valence-electron chi connectivity index (χ1n) is 8.25. The van der Waals surface area contributed by atoms with Crippen molar-refractivity contribution in [3.8, 4) is 0 Å². The maximum absolute atomic E-state index is 13.3. The average molecular weight is 352 g/mol. The lowest BCUT2D eigenvalue weighted by atomic mass is 9.96. The van der Waals surface area contributed by atoms with E-state index in [0.29, 0.717) is 29.9 Å². The van der Waals surface area contributed by atoms with Gasteiger partial charge in [0.25, 0.3) is 5.91 Å². The number of carbonyl (C=O) groups is 2. The topological polar surface area (TPSA) is 65.5 Å². The van der Waals surface area contributed by atoms with Gasteiger partial charge >= 0.3 is 6.03 Å². The number of hydrogen-bond acceptors (Lipinski definition) is 3. The minimum absolute atomic E-state index is 0.134. The molecule has 26 heavy (non-hydrogen) atoms. The number of hydrogen-bond donors (Lipinski definition) is 1. The van der Waals surface area contributed by atoms with Crippen LogP contribution in [0.25, 0.3) is 0 Å². The third-order valence-electron chi connectivity index (χ3n) is 4.73. The lowest BCUT2D eigenvalue weighted by Gasteiger charge is -2.31. The number of halogens is 1. The van der Waals surface area contributed by atoms with Crippen molar-refractivity contribution in [2.24, 2.45) is 0 Å². The van der Waals surface area contributed by atoms with Gasteiger partial charge in [0.15, 0.2) is 0 Å². The number of rotatable bonds is 3. The Morgan fingerprint density at radius 3 is 2.69 bits per heavy atom. The first kappa shape index (κ1) is 16.3. The molecular weight excluding hydrogens is 335 g/mol. The zero-order valence-corrected chi connectivity index (χ0v) is 14.1. The first-order valence-corrected chi connectivity index (χ1v) is 8.25. The normalized spacial score (nSPS) is 19.7. The Hall–Kier alpha value is -3.22. The molecule has 7 heteroatoms. The summed E-state index contributed by atoms with van der Waals surface area (Å²) in [6.45, 7) is 0.766. The molecule has 0 fully saturated rings. The molecule has 6 nitrogen and oxygen atoms in total. The summed E-state index contributed by atoms with van der Waals surface area (Å²) in [6, 6.07) is 8.69. The largest absolute Gasteiger partial charge is 0.329 e. The van der Waals surface area contributed by atoms with E-state index in [1.807, 2.05) is 12.1 Å². The number of nitrogens with zero attached hydrogens (tertiary/aromatic N) is 3. The highest BCUT2D eigenvalue weighted by Crippen LogP contribution is 2.36. The summed E-state index contributed by atoms with van der Waals surface area (Å²) in [4.78, 5) is 32.6. The smallest absolute Gasteiger partial charge is 0.322 e. The molecule has 0 saturated carbocycles. The number of pyridine rings is 1. The molecule has 1 atom stereocenters. The average Bonchev–Trinajstić information content (AvgIpc) is 2.97. The molecule has 0 bridgehead atoms. The second-order valence-corrected chi connectivity index (χ2v) is 6.38. The van der Waals surface area contributed by atoms with Gasteiger partial charge in [-0.2, -0.15) is 0 Å². The van der Waals surface area contributed by atoms with Crippen molar-refractivity contribution >= 4 is 11.9 Å². The molecule has 0 radical (unpaired) electrons. The van der Waals surface area contributed by atoms with Crippen LogP contribution in [0.5, 0.6) is 0 Å². The summed E-state index contributed by atoms with van der Waals surface area (Å²) in [5, 5.41) is 2.83. The fourth-order valence-corrected chi connectivity index (χ4v) is 3.37. The minimum Gasteiger partial charge on any atom is -0.329 e. The number of likely N-dealkylation sites (N-methyl/N-ethyl adjacent to an activating group) is 1. The minimum atomic E-state index is -0.583. The summed E-state index contributed by atoms with van der Waals surface area (Å²) in [6.07, 6.45) is 3.40. The molecule has 1 aromatic carbocycles. The van der Waals surface area contributed by atoms with Gasteiger partial charge in [-0.05, 0) is 29.3 Å². The van der Waals surface area contributed by atoms with Gasteiger partial charge in [0.05, 0.1) is 23.9 Å². The van der Waals surface area contributed by atoms with E-state index >= 15 is 0 Å². The summed E-state index contributed by atoms with van der Waals surface area (Å²) in [7, 11) is 1.65. The number of benzene rings is 1. The number of aromatic nitrogens is 1. The third-order valence-corrected chi connectivity index (χ3v) is 4.73. The second kappa shape index (κ2) is 6.25. The molecular formula is C19H17FN4O2. The van der Waals surface area contributed by atoms with Gasteiger partial charge in [-0.1, -0.05) is 18.2 Å². The molecule has 3 heterocycles. The van der Waals surface area contributed by atoms with Crippen LogP contribution in [-0.4, -0.2) is 40.3 Å². The predicted octanol–water partition coefficient (Wildman–Crippen LogP) is 2.21. The van der Waals surface area contributed by atoms with E-state index in [1.165, 1.54) is 17.0 Å². The number of carbonyl (C=O) groups excluding carboxylic acids is 2. The molecule has 1 aromatic heterocycles. The standard InChI is InChI=1S/C19H17FN4O2/c1-23-15-11-24(10-12-3-2-8-21-9-12)18(25)16(15)17(22-19(23)26)13-4-6-14(20)7-5-13/h2-9,17H,10-11H2,1H3,(H,22,26)/t17-/m1/s1. The SMILES string of the molecule is CN1C(=O)N[C@H](c2ccc(F)cc2)C2=C1CN(Cc1cccnc1)C2=O. The Labute approximate surface area is 149 Å². The fourth-order valence-electron chi connectivity index (χ4n) is 3.37. The highest BCUT2D eigenvalue weighted by atomic mass is 19.1. The first-order chi connectivity index (χ1) is 12.5. The van der Waals surface area contributed by atoms with Crippen LogP contribution in [0.3, 0.4) is 0 Å². The van der Waals surface area contributed by atoms with Crippen molar-refractivity contribution in [1.29, 1.82) is 0 Å². The zero-order chi connectivity index (χ0) is 18.3. The van der Waals surface area contributed by atoms with Gasteiger partial charge in [-0.25, -0.2) is 9.18 Å². The van der Waals surface area contributed by atoms with Crippen molar-refractivity contribution in [3.63, 3.8) is 0 Å². The molecule has 1 N–H and O–H groups in total. The van der Waals surface area contributed by atoms with Gasteiger partial charge < -0.3 is 10.2 Å². The van der Waals surface area contributed by atoms with Crippen LogP contribution in [0.1, 0.15) is 17.2 Å². The van der Waals surface area contributed by atoms with E-state index in [1.54, 1.807) is 36.5 Å². The zero-order valence-electron chi connectivity index (χ0n) is 14.1. The quantitative estimate of drug-likeness (QED) is 0.921. The Bertz CT molecular complexity index is 896. The van der Waals surface area contributed by atoms with Crippen LogP contribution in [0.15, 0.2) is 60.1 Å². The van der Waals surface area contributed by atoms with E-state index in [4.69, 9.17) is 0 Å². The van der Waals surface area contributed by atoms with Crippen molar-refractivity contribution in [2.45, 2.75) is 12.6 Å². The molecule has 132 valence electrons. The Kier molecular flexibility index (Phi) is 3.91. The summed E-state index contributed by atoms with van der Waals surface area (Å²) in [5.74, 6) is -0.497. The van der Waals surface area contributed by atoms with Crippen LogP contribution in [0.4, 0.5) is 9.18 Å². The predicted molar refractivity (Wildman–Crippen MR) is 92.1 cm³/mol. The van der Waals surface area contributed by atoms with Crippen LogP contribution < -0.4 is 5.32 Å².